The quantitative estimate of drug-likeness (QED) is 0.262. The molecule has 6 heteroatoms. The average Bonchev–Trinajstić information content (AvgIpc) is 3.16. The zero-order valence-corrected chi connectivity index (χ0v) is 18.9. The van der Waals surface area contributed by atoms with Crippen LogP contribution in [-0.4, -0.2) is 52.0 Å². The molecule has 0 aliphatic carbocycles. The summed E-state index contributed by atoms with van der Waals surface area (Å²) in [5, 5.41) is 18.3. The fraction of sp³-hybridized carbons (Fsp3) is 0.792. The van der Waals surface area contributed by atoms with Crippen LogP contribution in [-0.2, 0) is 9.59 Å². The minimum Gasteiger partial charge on any atom is -0.481 e. The number of amidine groups is 1. The van der Waals surface area contributed by atoms with Gasteiger partial charge in [0.2, 0.25) is 0 Å². The number of hydrogen-bond donors (Lipinski definition) is 2. The molecule has 0 amide bonds. The molecule has 0 saturated carbocycles. The van der Waals surface area contributed by atoms with Crippen molar-refractivity contribution in [3.05, 3.63) is 12.2 Å². The Labute approximate surface area is 182 Å². The Balaban J connectivity index is 2.07. The number of unbranched alkanes of at least 4 members (excludes halogenated alkanes) is 13. The summed E-state index contributed by atoms with van der Waals surface area (Å²) in [6, 6.07) is -1.05. The maximum absolute atomic E-state index is 11.4. The van der Waals surface area contributed by atoms with E-state index in [1.54, 1.807) is 4.90 Å². The number of nitrogens with zero attached hydrogens (tertiary/aromatic N) is 2. The molecule has 1 atom stereocenters. The lowest BCUT2D eigenvalue weighted by molar-refractivity contribution is -0.148. The molecule has 1 aliphatic heterocycles. The summed E-state index contributed by atoms with van der Waals surface area (Å²) >= 11 is 0. The molecule has 6 nitrogen and oxygen atoms in total. The summed E-state index contributed by atoms with van der Waals surface area (Å²) in [4.78, 5) is 28.3. The number of carbonyl (C=O) groups is 2. The van der Waals surface area contributed by atoms with Crippen LogP contribution in [0.15, 0.2) is 17.1 Å². The third-order valence-electron chi connectivity index (χ3n) is 5.68. The van der Waals surface area contributed by atoms with E-state index in [9.17, 15) is 14.7 Å². The highest BCUT2D eigenvalue weighted by Crippen LogP contribution is 2.15. The lowest BCUT2D eigenvalue weighted by Gasteiger charge is -2.25. The van der Waals surface area contributed by atoms with E-state index in [1.807, 2.05) is 12.2 Å². The van der Waals surface area contributed by atoms with Gasteiger partial charge in [-0.1, -0.05) is 90.0 Å². The predicted octanol–water partition coefficient (Wildman–Crippen LogP) is 5.67. The minimum absolute atomic E-state index is 0.416. The van der Waals surface area contributed by atoms with Crippen LogP contribution in [0, 0.1) is 0 Å². The first kappa shape index (κ1) is 26.2. The van der Waals surface area contributed by atoms with Crippen LogP contribution in [0.4, 0.5) is 0 Å². The first-order valence-corrected chi connectivity index (χ1v) is 12.0. The maximum atomic E-state index is 11.4. The second-order valence-electron chi connectivity index (χ2n) is 8.32. The van der Waals surface area contributed by atoms with Gasteiger partial charge in [0.1, 0.15) is 11.9 Å². The highest BCUT2D eigenvalue weighted by atomic mass is 16.4. The second-order valence-corrected chi connectivity index (χ2v) is 8.32. The Morgan fingerprint density at radius 2 is 1.47 bits per heavy atom. The number of rotatable bonds is 19. The van der Waals surface area contributed by atoms with Gasteiger partial charge in [0.15, 0.2) is 0 Å². The molecule has 1 heterocycles. The smallest absolute Gasteiger partial charge is 0.326 e. The molecule has 0 radical (unpaired) electrons. The third kappa shape index (κ3) is 12.0. The molecule has 1 unspecified atom stereocenters. The van der Waals surface area contributed by atoms with Crippen LogP contribution in [0.3, 0.4) is 0 Å². The van der Waals surface area contributed by atoms with Crippen LogP contribution < -0.4 is 0 Å². The van der Waals surface area contributed by atoms with E-state index in [2.05, 4.69) is 11.9 Å². The SMILES string of the molecule is CCCCCCCCCCCCCCCC=CC1=NCCN1C(CC(=O)O)C(=O)O. The second kappa shape index (κ2) is 16.9. The largest absolute Gasteiger partial charge is 0.481 e. The Morgan fingerprint density at radius 1 is 0.933 bits per heavy atom. The van der Waals surface area contributed by atoms with Gasteiger partial charge in [-0.25, -0.2) is 4.79 Å². The average molecular weight is 423 g/mol. The summed E-state index contributed by atoms with van der Waals surface area (Å²) in [7, 11) is 0. The molecular formula is C24H42N2O4. The van der Waals surface area contributed by atoms with Crippen molar-refractivity contribution in [3.63, 3.8) is 0 Å². The number of carboxylic acid groups (broad SMARTS) is 2. The van der Waals surface area contributed by atoms with Crippen LogP contribution in [0.2, 0.25) is 0 Å². The summed E-state index contributed by atoms with van der Waals surface area (Å²) in [6.07, 6.45) is 21.7. The van der Waals surface area contributed by atoms with Crippen LogP contribution in [0.5, 0.6) is 0 Å². The lowest BCUT2D eigenvalue weighted by atomic mass is 10.0. The van der Waals surface area contributed by atoms with Gasteiger partial charge in [-0.05, 0) is 18.9 Å². The van der Waals surface area contributed by atoms with E-state index in [4.69, 9.17) is 5.11 Å². The Kier molecular flexibility index (Phi) is 14.7. The van der Waals surface area contributed by atoms with Crippen LogP contribution in [0.1, 0.15) is 103 Å². The van der Waals surface area contributed by atoms with E-state index in [1.165, 1.54) is 77.0 Å². The molecule has 1 rings (SSSR count). The fourth-order valence-corrected chi connectivity index (χ4v) is 3.91. The molecule has 0 aromatic carbocycles. The Hall–Kier alpha value is -1.85. The molecular weight excluding hydrogens is 380 g/mol. The Morgan fingerprint density at radius 3 is 1.97 bits per heavy atom. The van der Waals surface area contributed by atoms with E-state index >= 15 is 0 Å². The van der Waals surface area contributed by atoms with Gasteiger partial charge in [0.05, 0.1) is 13.0 Å². The van der Waals surface area contributed by atoms with Crippen LogP contribution in [0.25, 0.3) is 0 Å². The van der Waals surface area contributed by atoms with Gasteiger partial charge >= 0.3 is 11.9 Å². The third-order valence-corrected chi connectivity index (χ3v) is 5.68. The van der Waals surface area contributed by atoms with E-state index < -0.39 is 24.4 Å². The summed E-state index contributed by atoms with van der Waals surface area (Å²) < 4.78 is 0. The van der Waals surface area contributed by atoms with Gasteiger partial charge in [0.25, 0.3) is 0 Å². The van der Waals surface area contributed by atoms with Crippen molar-refractivity contribution < 1.29 is 19.8 Å². The van der Waals surface area contributed by atoms with Crippen molar-refractivity contribution in [3.8, 4) is 0 Å². The molecule has 0 aromatic rings. The van der Waals surface area contributed by atoms with Crippen molar-refractivity contribution in [2.45, 2.75) is 109 Å². The Bertz CT molecular complexity index is 545. The molecule has 0 saturated heterocycles. The van der Waals surface area contributed by atoms with Gasteiger partial charge in [-0.15, -0.1) is 0 Å². The number of allylic oxidation sites excluding steroid dienone is 1. The minimum atomic E-state index is -1.11. The monoisotopic (exact) mass is 422 g/mol. The molecule has 0 fully saturated rings. The molecule has 172 valence electrons. The zero-order valence-electron chi connectivity index (χ0n) is 18.9. The first-order valence-electron chi connectivity index (χ1n) is 12.0. The van der Waals surface area contributed by atoms with Gasteiger partial charge in [-0.3, -0.25) is 9.79 Å². The topological polar surface area (TPSA) is 90.2 Å². The molecule has 2 N–H and O–H groups in total. The van der Waals surface area contributed by atoms with Crippen molar-refractivity contribution >= 4 is 17.8 Å². The van der Waals surface area contributed by atoms with Crippen molar-refractivity contribution in [1.29, 1.82) is 0 Å². The van der Waals surface area contributed by atoms with Gasteiger partial charge < -0.3 is 15.1 Å². The number of hydrogen-bond acceptors (Lipinski definition) is 4. The molecule has 0 spiro atoms. The number of aliphatic carboxylic acids is 2. The van der Waals surface area contributed by atoms with Gasteiger partial charge in [0, 0.05) is 6.54 Å². The zero-order chi connectivity index (χ0) is 22.0. The first-order chi connectivity index (χ1) is 14.6. The van der Waals surface area contributed by atoms with E-state index in [0.717, 1.165) is 12.8 Å². The van der Waals surface area contributed by atoms with Crippen molar-refractivity contribution in [1.82, 2.24) is 4.90 Å². The molecule has 30 heavy (non-hydrogen) atoms. The highest BCUT2D eigenvalue weighted by molar-refractivity contribution is 5.97. The maximum Gasteiger partial charge on any atom is 0.326 e. The number of aliphatic imine (C=N–C) groups is 1. The van der Waals surface area contributed by atoms with E-state index in [0.29, 0.717) is 18.9 Å². The summed E-state index contributed by atoms with van der Waals surface area (Å²) in [6.45, 7) is 3.24. The summed E-state index contributed by atoms with van der Waals surface area (Å²) in [5.74, 6) is -1.63. The number of carboxylic acids is 2. The highest BCUT2D eigenvalue weighted by Gasteiger charge is 2.31. The van der Waals surface area contributed by atoms with Crippen LogP contribution >= 0.6 is 0 Å². The fourth-order valence-electron chi connectivity index (χ4n) is 3.91. The normalized spacial score (nSPS) is 15.0. The standard InChI is InChI=1S/C24H42N2O4/c1-2-3-4-5-6-7-8-9-10-11-12-13-14-15-16-17-22-25-18-19-26(22)21(24(29)30)20-23(27)28/h16-17,21H,2-15,18-20H2,1H3,(H,27,28)(H,29,30). The van der Waals surface area contributed by atoms with Crippen molar-refractivity contribution in [2.24, 2.45) is 4.99 Å². The summed E-state index contributed by atoms with van der Waals surface area (Å²) in [5.41, 5.74) is 0. The lowest BCUT2D eigenvalue weighted by Crippen LogP contribution is -2.44. The molecule has 1 aliphatic rings. The molecule has 0 aromatic heterocycles. The van der Waals surface area contributed by atoms with E-state index in [-0.39, 0.29) is 0 Å². The molecule has 0 bridgehead atoms. The van der Waals surface area contributed by atoms with Gasteiger partial charge in [-0.2, -0.15) is 0 Å². The predicted molar refractivity (Wildman–Crippen MR) is 122 cm³/mol. The van der Waals surface area contributed by atoms with Crippen molar-refractivity contribution in [2.75, 3.05) is 13.1 Å².